The summed E-state index contributed by atoms with van der Waals surface area (Å²) in [5, 5.41) is 0. The maximum absolute atomic E-state index is 10.5. The lowest BCUT2D eigenvalue weighted by atomic mass is 9.85. The zero-order chi connectivity index (χ0) is 14.7. The van der Waals surface area contributed by atoms with Crippen molar-refractivity contribution in [3.63, 3.8) is 0 Å². The number of unbranched alkanes of at least 4 members (excludes halogenated alkanes) is 4. The standard InChI is InChI=1S/C16H28O3S/c17-20(18,19)15-11-6-4-2-1-3-5-8-12-16-13-9-7-10-14-16/h16H,1,3,5-15H2,(H,17,18,19). The van der Waals surface area contributed by atoms with Crippen molar-refractivity contribution in [2.24, 2.45) is 5.92 Å². The highest BCUT2D eigenvalue weighted by Gasteiger charge is 2.12. The molecule has 0 saturated heterocycles. The first kappa shape index (κ1) is 17.5. The van der Waals surface area contributed by atoms with Gasteiger partial charge in [0.1, 0.15) is 0 Å². The van der Waals surface area contributed by atoms with Gasteiger partial charge in [-0.15, -0.1) is 11.8 Å². The van der Waals surface area contributed by atoms with Crippen molar-refractivity contribution in [3.05, 3.63) is 0 Å². The molecule has 20 heavy (non-hydrogen) atoms. The molecule has 0 aliphatic heterocycles. The highest BCUT2D eigenvalue weighted by atomic mass is 32.2. The summed E-state index contributed by atoms with van der Waals surface area (Å²) in [6, 6.07) is 0. The Bertz CT molecular complexity index is 397. The van der Waals surface area contributed by atoms with E-state index >= 15 is 0 Å². The van der Waals surface area contributed by atoms with Crippen LogP contribution >= 0.6 is 0 Å². The van der Waals surface area contributed by atoms with Crippen LogP contribution in [0.4, 0.5) is 0 Å². The van der Waals surface area contributed by atoms with Gasteiger partial charge >= 0.3 is 0 Å². The van der Waals surface area contributed by atoms with Gasteiger partial charge in [0.15, 0.2) is 0 Å². The van der Waals surface area contributed by atoms with E-state index in [2.05, 4.69) is 11.8 Å². The predicted octanol–water partition coefficient (Wildman–Crippen LogP) is 4.19. The number of rotatable bonds is 8. The molecular formula is C16H28O3S. The molecule has 0 aromatic carbocycles. The smallest absolute Gasteiger partial charge is 0.264 e. The molecule has 1 aliphatic carbocycles. The average Bonchev–Trinajstić information content (AvgIpc) is 2.41. The Hall–Kier alpha value is -0.530. The van der Waals surface area contributed by atoms with Crippen LogP contribution in [0.25, 0.3) is 0 Å². The van der Waals surface area contributed by atoms with Crippen molar-refractivity contribution >= 4 is 10.1 Å². The summed E-state index contributed by atoms with van der Waals surface area (Å²) in [6.07, 6.45) is 14.2. The third-order valence-electron chi connectivity index (χ3n) is 3.97. The molecule has 116 valence electrons. The Morgan fingerprint density at radius 1 is 0.900 bits per heavy atom. The summed E-state index contributed by atoms with van der Waals surface area (Å²) >= 11 is 0. The van der Waals surface area contributed by atoms with Gasteiger partial charge in [0.25, 0.3) is 10.1 Å². The lowest BCUT2D eigenvalue weighted by Gasteiger charge is -2.21. The molecule has 3 nitrogen and oxygen atoms in total. The van der Waals surface area contributed by atoms with Crippen LogP contribution in [0.2, 0.25) is 0 Å². The summed E-state index contributed by atoms with van der Waals surface area (Å²) in [6.45, 7) is 0. The van der Waals surface area contributed by atoms with E-state index in [1.165, 1.54) is 51.4 Å². The second-order valence-electron chi connectivity index (χ2n) is 5.85. The molecular weight excluding hydrogens is 272 g/mol. The SMILES string of the molecule is O=S(=O)(O)CCCC#CCCCCCC1CCCCC1. The minimum Gasteiger partial charge on any atom is -0.286 e. The van der Waals surface area contributed by atoms with Crippen LogP contribution in [0, 0.1) is 17.8 Å². The van der Waals surface area contributed by atoms with Crippen LogP contribution in [-0.2, 0) is 10.1 Å². The molecule has 1 fully saturated rings. The maximum Gasteiger partial charge on any atom is 0.264 e. The van der Waals surface area contributed by atoms with E-state index in [1.54, 1.807) is 0 Å². The van der Waals surface area contributed by atoms with Gasteiger partial charge in [-0.3, -0.25) is 4.55 Å². The van der Waals surface area contributed by atoms with E-state index in [4.69, 9.17) is 4.55 Å². The summed E-state index contributed by atoms with van der Waals surface area (Å²) in [4.78, 5) is 0. The highest BCUT2D eigenvalue weighted by Crippen LogP contribution is 2.27. The molecule has 0 atom stereocenters. The van der Waals surface area contributed by atoms with Crippen LogP contribution < -0.4 is 0 Å². The molecule has 1 saturated carbocycles. The molecule has 0 heterocycles. The quantitative estimate of drug-likeness (QED) is 0.415. The van der Waals surface area contributed by atoms with E-state index < -0.39 is 10.1 Å². The zero-order valence-corrected chi connectivity index (χ0v) is 13.3. The van der Waals surface area contributed by atoms with Crippen LogP contribution in [0.3, 0.4) is 0 Å². The largest absolute Gasteiger partial charge is 0.286 e. The third kappa shape index (κ3) is 10.3. The van der Waals surface area contributed by atoms with Crippen molar-refractivity contribution in [1.82, 2.24) is 0 Å². The molecule has 0 aromatic heterocycles. The molecule has 0 bridgehead atoms. The van der Waals surface area contributed by atoms with Gasteiger partial charge in [-0.05, 0) is 18.8 Å². The first-order valence-electron chi connectivity index (χ1n) is 7.99. The zero-order valence-electron chi connectivity index (χ0n) is 12.4. The van der Waals surface area contributed by atoms with Crippen molar-refractivity contribution in [1.29, 1.82) is 0 Å². The van der Waals surface area contributed by atoms with E-state index in [-0.39, 0.29) is 5.75 Å². The van der Waals surface area contributed by atoms with Crippen molar-refractivity contribution < 1.29 is 13.0 Å². The van der Waals surface area contributed by atoms with E-state index in [1.807, 2.05) is 0 Å². The summed E-state index contributed by atoms with van der Waals surface area (Å²) in [7, 11) is -3.81. The first-order chi connectivity index (χ1) is 9.58. The molecule has 1 N–H and O–H groups in total. The second kappa shape index (κ2) is 10.2. The molecule has 0 aromatic rings. The van der Waals surface area contributed by atoms with Gasteiger partial charge in [-0.1, -0.05) is 51.4 Å². The molecule has 0 amide bonds. The summed E-state index contributed by atoms with van der Waals surface area (Å²) in [5.74, 6) is 6.86. The third-order valence-corrected chi connectivity index (χ3v) is 4.77. The molecule has 0 unspecified atom stereocenters. The van der Waals surface area contributed by atoms with E-state index in [0.29, 0.717) is 12.8 Å². The first-order valence-corrected chi connectivity index (χ1v) is 9.60. The fourth-order valence-corrected chi connectivity index (χ4v) is 3.33. The van der Waals surface area contributed by atoms with Gasteiger partial charge in [0.05, 0.1) is 5.75 Å². The second-order valence-corrected chi connectivity index (χ2v) is 7.42. The van der Waals surface area contributed by atoms with Crippen molar-refractivity contribution in [2.75, 3.05) is 5.75 Å². The maximum atomic E-state index is 10.5. The van der Waals surface area contributed by atoms with Gasteiger partial charge < -0.3 is 0 Å². The topological polar surface area (TPSA) is 54.4 Å². The minimum atomic E-state index is -3.81. The average molecular weight is 300 g/mol. The van der Waals surface area contributed by atoms with E-state index in [0.717, 1.165) is 18.8 Å². The molecule has 0 spiro atoms. The molecule has 1 rings (SSSR count). The number of hydrogen-bond acceptors (Lipinski definition) is 2. The predicted molar refractivity (Wildman–Crippen MR) is 83.1 cm³/mol. The fraction of sp³-hybridized carbons (Fsp3) is 0.875. The molecule has 0 radical (unpaired) electrons. The Kier molecular flexibility index (Phi) is 8.97. The Labute approximate surface area is 124 Å². The van der Waals surface area contributed by atoms with Gasteiger partial charge in [0, 0.05) is 12.8 Å². The van der Waals surface area contributed by atoms with Crippen LogP contribution in [0.15, 0.2) is 0 Å². The fourth-order valence-electron chi connectivity index (χ4n) is 2.82. The van der Waals surface area contributed by atoms with Crippen LogP contribution in [0.5, 0.6) is 0 Å². The van der Waals surface area contributed by atoms with Gasteiger partial charge in [-0.2, -0.15) is 8.42 Å². The lowest BCUT2D eigenvalue weighted by molar-refractivity contribution is 0.329. The minimum absolute atomic E-state index is 0.178. The highest BCUT2D eigenvalue weighted by molar-refractivity contribution is 7.85. The Balaban J connectivity index is 1.89. The number of hydrogen-bond donors (Lipinski definition) is 1. The van der Waals surface area contributed by atoms with Crippen molar-refractivity contribution in [3.8, 4) is 11.8 Å². The Morgan fingerprint density at radius 2 is 1.55 bits per heavy atom. The van der Waals surface area contributed by atoms with Crippen LogP contribution in [0.1, 0.15) is 77.0 Å². The lowest BCUT2D eigenvalue weighted by Crippen LogP contribution is -2.05. The van der Waals surface area contributed by atoms with Gasteiger partial charge in [0.2, 0.25) is 0 Å². The van der Waals surface area contributed by atoms with Crippen molar-refractivity contribution in [2.45, 2.75) is 77.0 Å². The monoisotopic (exact) mass is 300 g/mol. The molecule has 1 aliphatic rings. The normalized spacial score (nSPS) is 16.6. The Morgan fingerprint density at radius 3 is 2.20 bits per heavy atom. The van der Waals surface area contributed by atoms with Gasteiger partial charge in [-0.25, -0.2) is 0 Å². The molecule has 4 heteroatoms. The van der Waals surface area contributed by atoms with E-state index in [9.17, 15) is 8.42 Å². The summed E-state index contributed by atoms with van der Waals surface area (Å²) < 4.78 is 29.5. The van der Waals surface area contributed by atoms with Crippen LogP contribution in [-0.4, -0.2) is 18.7 Å². The summed E-state index contributed by atoms with van der Waals surface area (Å²) in [5.41, 5.74) is 0.